The Bertz CT molecular complexity index is 501. The number of rotatable bonds is 7. The Morgan fingerprint density at radius 3 is 2.57 bits per heavy atom. The average Bonchev–Trinajstić information content (AvgIpc) is 2.57. The van der Waals surface area contributed by atoms with Crippen molar-refractivity contribution in [1.82, 2.24) is 10.2 Å². The highest BCUT2D eigenvalue weighted by molar-refractivity contribution is 6.04. The van der Waals surface area contributed by atoms with E-state index in [0.29, 0.717) is 13.1 Å². The van der Waals surface area contributed by atoms with E-state index in [2.05, 4.69) is 10.2 Å². The first kappa shape index (κ1) is 17.4. The number of amides is 2. The fraction of sp³-hybridized carbons (Fsp3) is 0.529. The largest absolute Gasteiger partial charge is 0.379 e. The van der Waals surface area contributed by atoms with E-state index in [-0.39, 0.29) is 18.2 Å². The third-order valence-corrected chi connectivity index (χ3v) is 3.85. The number of morpholine rings is 1. The topological polar surface area (TPSA) is 61.9 Å². The summed E-state index contributed by atoms with van der Waals surface area (Å²) in [4.78, 5) is 28.1. The number of carbonyl (C=O) groups excluding carboxylic acids is 2. The van der Waals surface area contributed by atoms with Crippen molar-refractivity contribution in [3.05, 3.63) is 30.3 Å². The molecule has 0 atom stereocenters. The number of anilines is 1. The Kier molecular flexibility index (Phi) is 7.03. The number of benzene rings is 1. The Hall–Kier alpha value is -1.92. The highest BCUT2D eigenvalue weighted by atomic mass is 16.5. The van der Waals surface area contributed by atoms with Crippen LogP contribution in [-0.4, -0.2) is 62.7 Å². The molecule has 0 spiro atoms. The van der Waals surface area contributed by atoms with Crippen LogP contribution in [0.15, 0.2) is 30.3 Å². The maximum atomic E-state index is 12.3. The average molecular weight is 319 g/mol. The highest BCUT2D eigenvalue weighted by Crippen LogP contribution is 2.13. The van der Waals surface area contributed by atoms with Crippen LogP contribution in [0.3, 0.4) is 0 Å². The van der Waals surface area contributed by atoms with Gasteiger partial charge in [-0.1, -0.05) is 18.2 Å². The SMILES string of the molecule is CCN(C(=O)CC(=O)NCCN1CCOCC1)c1ccccc1. The molecule has 2 rings (SSSR count). The molecule has 1 aromatic rings. The number of nitrogens with zero attached hydrogens (tertiary/aromatic N) is 2. The zero-order valence-corrected chi connectivity index (χ0v) is 13.7. The van der Waals surface area contributed by atoms with Crippen molar-refractivity contribution in [2.24, 2.45) is 0 Å². The molecule has 0 unspecified atom stereocenters. The lowest BCUT2D eigenvalue weighted by Crippen LogP contribution is -2.42. The van der Waals surface area contributed by atoms with E-state index in [1.54, 1.807) is 4.90 Å². The zero-order chi connectivity index (χ0) is 16.5. The third-order valence-electron chi connectivity index (χ3n) is 3.85. The monoisotopic (exact) mass is 319 g/mol. The summed E-state index contributed by atoms with van der Waals surface area (Å²) in [7, 11) is 0. The lowest BCUT2D eigenvalue weighted by atomic mass is 10.2. The minimum atomic E-state index is -0.224. The molecule has 126 valence electrons. The van der Waals surface area contributed by atoms with Crippen LogP contribution in [0.4, 0.5) is 5.69 Å². The molecule has 0 saturated carbocycles. The molecule has 1 aromatic carbocycles. The van der Waals surface area contributed by atoms with Gasteiger partial charge in [-0.2, -0.15) is 0 Å². The number of hydrogen-bond acceptors (Lipinski definition) is 4. The van der Waals surface area contributed by atoms with Crippen molar-refractivity contribution in [2.45, 2.75) is 13.3 Å². The van der Waals surface area contributed by atoms with Crippen molar-refractivity contribution >= 4 is 17.5 Å². The molecular weight excluding hydrogens is 294 g/mol. The molecule has 2 amide bonds. The van der Waals surface area contributed by atoms with Gasteiger partial charge in [-0.05, 0) is 19.1 Å². The van der Waals surface area contributed by atoms with Gasteiger partial charge in [0.2, 0.25) is 11.8 Å². The Morgan fingerprint density at radius 1 is 1.22 bits per heavy atom. The molecule has 0 aliphatic carbocycles. The van der Waals surface area contributed by atoms with Crippen LogP contribution in [0.5, 0.6) is 0 Å². The number of ether oxygens (including phenoxy) is 1. The summed E-state index contributed by atoms with van der Waals surface area (Å²) in [6.45, 7) is 7.08. The molecule has 1 heterocycles. The van der Waals surface area contributed by atoms with Gasteiger partial charge in [0, 0.05) is 38.4 Å². The lowest BCUT2D eigenvalue weighted by molar-refractivity contribution is -0.127. The van der Waals surface area contributed by atoms with Gasteiger partial charge in [0.05, 0.1) is 13.2 Å². The highest BCUT2D eigenvalue weighted by Gasteiger charge is 2.17. The Labute approximate surface area is 137 Å². The van der Waals surface area contributed by atoms with Crippen molar-refractivity contribution < 1.29 is 14.3 Å². The smallest absolute Gasteiger partial charge is 0.236 e. The summed E-state index contributed by atoms with van der Waals surface area (Å²) >= 11 is 0. The molecular formula is C17H25N3O3. The van der Waals surface area contributed by atoms with Crippen molar-refractivity contribution in [3.63, 3.8) is 0 Å². The predicted octanol–water partition coefficient (Wildman–Crippen LogP) is 0.878. The number of hydrogen-bond donors (Lipinski definition) is 1. The van der Waals surface area contributed by atoms with Gasteiger partial charge >= 0.3 is 0 Å². The standard InChI is InChI=1S/C17H25N3O3/c1-2-20(15-6-4-3-5-7-15)17(22)14-16(21)18-8-9-19-10-12-23-13-11-19/h3-7H,2,8-14H2,1H3,(H,18,21). The second-order valence-electron chi connectivity index (χ2n) is 5.45. The van der Waals surface area contributed by atoms with Gasteiger partial charge in [-0.25, -0.2) is 0 Å². The van der Waals surface area contributed by atoms with E-state index in [4.69, 9.17) is 4.74 Å². The third kappa shape index (κ3) is 5.65. The van der Waals surface area contributed by atoms with Crippen LogP contribution < -0.4 is 10.2 Å². The zero-order valence-electron chi connectivity index (χ0n) is 13.7. The predicted molar refractivity (Wildman–Crippen MR) is 89.4 cm³/mol. The number of nitrogens with one attached hydrogen (secondary N) is 1. The van der Waals surface area contributed by atoms with Crippen LogP contribution in [0, 0.1) is 0 Å². The number of carbonyl (C=O) groups is 2. The van der Waals surface area contributed by atoms with E-state index in [1.807, 2.05) is 37.3 Å². The van der Waals surface area contributed by atoms with E-state index in [0.717, 1.165) is 38.5 Å². The van der Waals surface area contributed by atoms with Gasteiger partial charge in [-0.15, -0.1) is 0 Å². The normalized spacial score (nSPS) is 15.2. The van der Waals surface area contributed by atoms with Crippen molar-refractivity contribution in [2.75, 3.05) is 50.8 Å². The van der Waals surface area contributed by atoms with Crippen molar-refractivity contribution in [3.8, 4) is 0 Å². The Balaban J connectivity index is 1.74. The summed E-state index contributed by atoms with van der Waals surface area (Å²) in [6.07, 6.45) is -0.119. The quantitative estimate of drug-likeness (QED) is 0.758. The first-order valence-electron chi connectivity index (χ1n) is 8.13. The summed E-state index contributed by atoms with van der Waals surface area (Å²) in [5, 5.41) is 2.82. The maximum Gasteiger partial charge on any atom is 0.236 e. The van der Waals surface area contributed by atoms with Gasteiger partial charge in [0.15, 0.2) is 0 Å². The first-order valence-corrected chi connectivity index (χ1v) is 8.13. The molecule has 0 radical (unpaired) electrons. The van der Waals surface area contributed by atoms with Crippen molar-refractivity contribution in [1.29, 1.82) is 0 Å². The van der Waals surface area contributed by atoms with Crippen LogP contribution >= 0.6 is 0 Å². The first-order chi connectivity index (χ1) is 11.2. The van der Waals surface area contributed by atoms with Gasteiger partial charge in [0.1, 0.15) is 6.42 Å². The molecule has 23 heavy (non-hydrogen) atoms. The van der Waals surface area contributed by atoms with Crippen LogP contribution in [-0.2, 0) is 14.3 Å². The molecule has 1 N–H and O–H groups in total. The molecule has 6 nitrogen and oxygen atoms in total. The van der Waals surface area contributed by atoms with E-state index >= 15 is 0 Å². The molecule has 0 aromatic heterocycles. The lowest BCUT2D eigenvalue weighted by Gasteiger charge is -2.26. The molecule has 1 saturated heterocycles. The maximum absolute atomic E-state index is 12.3. The van der Waals surface area contributed by atoms with Gasteiger partial charge in [0.25, 0.3) is 0 Å². The van der Waals surface area contributed by atoms with E-state index in [9.17, 15) is 9.59 Å². The van der Waals surface area contributed by atoms with E-state index in [1.165, 1.54) is 0 Å². The minimum Gasteiger partial charge on any atom is -0.379 e. The molecule has 1 fully saturated rings. The fourth-order valence-corrected chi connectivity index (χ4v) is 2.58. The molecule has 1 aliphatic heterocycles. The van der Waals surface area contributed by atoms with Gasteiger partial charge in [-0.3, -0.25) is 14.5 Å². The fourth-order valence-electron chi connectivity index (χ4n) is 2.58. The summed E-state index contributed by atoms with van der Waals surface area (Å²) in [5.74, 6) is -0.403. The second-order valence-corrected chi connectivity index (χ2v) is 5.45. The van der Waals surface area contributed by atoms with Crippen LogP contribution in [0.1, 0.15) is 13.3 Å². The minimum absolute atomic E-state index is 0.119. The summed E-state index contributed by atoms with van der Waals surface area (Å²) in [5.41, 5.74) is 0.820. The number of para-hydroxylation sites is 1. The molecule has 0 bridgehead atoms. The van der Waals surface area contributed by atoms with Crippen LogP contribution in [0.2, 0.25) is 0 Å². The summed E-state index contributed by atoms with van der Waals surface area (Å²) in [6, 6.07) is 9.41. The molecule has 1 aliphatic rings. The van der Waals surface area contributed by atoms with E-state index < -0.39 is 0 Å². The summed E-state index contributed by atoms with van der Waals surface area (Å²) < 4.78 is 5.28. The second kappa shape index (κ2) is 9.27. The molecule has 6 heteroatoms. The Morgan fingerprint density at radius 2 is 1.91 bits per heavy atom. The van der Waals surface area contributed by atoms with Crippen LogP contribution in [0.25, 0.3) is 0 Å². The van der Waals surface area contributed by atoms with Gasteiger partial charge < -0.3 is 15.0 Å².